The average molecular weight is 343 g/mol. The molecule has 1 saturated heterocycles. The van der Waals surface area contributed by atoms with Crippen molar-refractivity contribution in [3.8, 4) is 0 Å². The number of aromatic carboxylic acids is 1. The molecule has 1 fully saturated rings. The van der Waals surface area contributed by atoms with E-state index in [0.29, 0.717) is 30.8 Å². The summed E-state index contributed by atoms with van der Waals surface area (Å²) in [7, 11) is 0. The van der Waals surface area contributed by atoms with E-state index >= 15 is 0 Å². The van der Waals surface area contributed by atoms with Crippen LogP contribution in [0.4, 0.5) is 0 Å². The molecule has 0 saturated carbocycles. The molecule has 1 aliphatic heterocycles. The second-order valence-corrected chi connectivity index (χ2v) is 6.20. The Morgan fingerprint density at radius 3 is 3.08 bits per heavy atom. The molecule has 25 heavy (non-hydrogen) atoms. The monoisotopic (exact) mass is 343 g/mol. The topological polar surface area (TPSA) is 121 Å². The fourth-order valence-corrected chi connectivity index (χ4v) is 3.28. The summed E-state index contributed by atoms with van der Waals surface area (Å²) in [5.41, 5.74) is 1.10. The Kier molecular flexibility index (Phi) is 3.71. The highest BCUT2D eigenvalue weighted by Crippen LogP contribution is 2.21. The zero-order chi connectivity index (χ0) is 17.4. The maximum absolute atomic E-state index is 12.8. The van der Waals surface area contributed by atoms with Crippen molar-refractivity contribution in [2.24, 2.45) is 5.92 Å². The van der Waals surface area contributed by atoms with Crippen molar-refractivity contribution in [1.82, 2.24) is 34.5 Å². The molecular weight excluding hydrogens is 326 g/mol. The van der Waals surface area contributed by atoms with Crippen LogP contribution < -0.4 is 0 Å². The molecule has 0 radical (unpaired) electrons. The zero-order valence-electron chi connectivity index (χ0n) is 13.4. The Morgan fingerprint density at radius 2 is 2.28 bits per heavy atom. The van der Waals surface area contributed by atoms with Crippen LogP contribution in [-0.2, 0) is 6.54 Å². The van der Waals surface area contributed by atoms with Gasteiger partial charge < -0.3 is 10.0 Å². The number of imidazole rings is 1. The second-order valence-electron chi connectivity index (χ2n) is 6.20. The number of amides is 1. The number of aromatic amines is 1. The summed E-state index contributed by atoms with van der Waals surface area (Å²) in [6.07, 6.45) is 8.35. The number of aromatic nitrogens is 6. The highest BCUT2D eigenvalue weighted by molar-refractivity contribution is 5.99. The summed E-state index contributed by atoms with van der Waals surface area (Å²) in [6.45, 7) is 1.83. The SMILES string of the molecule is O=C(O)c1cn(C[C@H]2CCCN(C(=O)c3c[nH]n4ccnc34)C2)nn1. The number of piperidine rings is 1. The van der Waals surface area contributed by atoms with Gasteiger partial charge in [-0.05, 0) is 18.8 Å². The number of nitrogens with zero attached hydrogens (tertiary/aromatic N) is 6. The summed E-state index contributed by atoms with van der Waals surface area (Å²) in [6, 6.07) is 0. The van der Waals surface area contributed by atoms with Crippen LogP contribution in [0, 0.1) is 5.92 Å². The minimum absolute atomic E-state index is 0.0491. The third-order valence-electron chi connectivity index (χ3n) is 4.47. The van der Waals surface area contributed by atoms with E-state index in [2.05, 4.69) is 20.4 Å². The van der Waals surface area contributed by atoms with Crippen molar-refractivity contribution >= 4 is 17.5 Å². The van der Waals surface area contributed by atoms with Gasteiger partial charge in [0.2, 0.25) is 0 Å². The van der Waals surface area contributed by atoms with E-state index in [-0.39, 0.29) is 17.5 Å². The maximum atomic E-state index is 12.8. The molecule has 3 aromatic rings. The number of nitrogens with one attached hydrogen (secondary N) is 1. The van der Waals surface area contributed by atoms with E-state index in [4.69, 9.17) is 5.11 Å². The lowest BCUT2D eigenvalue weighted by atomic mass is 9.97. The van der Waals surface area contributed by atoms with Gasteiger partial charge in [0.05, 0.1) is 6.20 Å². The van der Waals surface area contributed by atoms with Gasteiger partial charge in [-0.3, -0.25) is 14.6 Å². The lowest BCUT2D eigenvalue weighted by Crippen LogP contribution is -2.41. The second kappa shape index (κ2) is 6.04. The fraction of sp³-hybridized carbons (Fsp3) is 0.400. The van der Waals surface area contributed by atoms with Crippen molar-refractivity contribution in [2.45, 2.75) is 19.4 Å². The van der Waals surface area contributed by atoms with E-state index in [1.54, 1.807) is 23.1 Å². The Bertz CT molecular complexity index is 925. The third kappa shape index (κ3) is 2.86. The molecule has 10 nitrogen and oxygen atoms in total. The minimum atomic E-state index is -1.09. The normalized spacial score (nSPS) is 17.9. The maximum Gasteiger partial charge on any atom is 0.358 e. The molecule has 2 N–H and O–H groups in total. The van der Waals surface area contributed by atoms with Crippen LogP contribution in [0.5, 0.6) is 0 Å². The van der Waals surface area contributed by atoms with Crippen LogP contribution >= 0.6 is 0 Å². The van der Waals surface area contributed by atoms with Crippen LogP contribution in [-0.4, -0.2) is 64.6 Å². The number of carbonyl (C=O) groups excluding carboxylic acids is 1. The first kappa shape index (κ1) is 15.4. The highest BCUT2D eigenvalue weighted by Gasteiger charge is 2.27. The number of fused-ring (bicyclic) bond motifs is 1. The Morgan fingerprint density at radius 1 is 1.40 bits per heavy atom. The van der Waals surface area contributed by atoms with Gasteiger partial charge in [-0.2, -0.15) is 0 Å². The number of hydrogen-bond donors (Lipinski definition) is 2. The molecule has 1 amide bonds. The van der Waals surface area contributed by atoms with Crippen LogP contribution in [0.3, 0.4) is 0 Å². The molecule has 0 spiro atoms. The first-order valence-electron chi connectivity index (χ1n) is 8.05. The van der Waals surface area contributed by atoms with E-state index < -0.39 is 5.97 Å². The predicted octanol–water partition coefficient (Wildman–Crippen LogP) is 0.504. The molecule has 3 aromatic heterocycles. The van der Waals surface area contributed by atoms with Gasteiger partial charge >= 0.3 is 5.97 Å². The van der Waals surface area contributed by atoms with Crippen LogP contribution in [0.25, 0.3) is 5.65 Å². The van der Waals surface area contributed by atoms with Gasteiger partial charge in [0.15, 0.2) is 11.3 Å². The first-order valence-corrected chi connectivity index (χ1v) is 8.05. The van der Waals surface area contributed by atoms with Gasteiger partial charge in [-0.25, -0.2) is 14.3 Å². The fourth-order valence-electron chi connectivity index (χ4n) is 3.28. The molecule has 0 aromatic carbocycles. The number of rotatable bonds is 4. The lowest BCUT2D eigenvalue weighted by Gasteiger charge is -2.32. The van der Waals surface area contributed by atoms with Gasteiger partial charge in [0.25, 0.3) is 5.91 Å². The van der Waals surface area contributed by atoms with Crippen molar-refractivity contribution in [3.63, 3.8) is 0 Å². The molecule has 4 heterocycles. The summed E-state index contributed by atoms with van der Waals surface area (Å²) in [5, 5.41) is 19.4. The summed E-state index contributed by atoms with van der Waals surface area (Å²) >= 11 is 0. The van der Waals surface area contributed by atoms with Gasteiger partial charge in [-0.1, -0.05) is 5.21 Å². The number of hydrogen-bond acceptors (Lipinski definition) is 5. The van der Waals surface area contributed by atoms with Crippen LogP contribution in [0.15, 0.2) is 24.8 Å². The number of carbonyl (C=O) groups is 2. The minimum Gasteiger partial charge on any atom is -0.476 e. The van der Waals surface area contributed by atoms with Gasteiger partial charge in [0, 0.05) is 38.2 Å². The molecule has 0 unspecified atom stereocenters. The van der Waals surface area contributed by atoms with Crippen molar-refractivity contribution in [3.05, 3.63) is 36.0 Å². The predicted molar refractivity (Wildman–Crippen MR) is 85.2 cm³/mol. The Hall–Kier alpha value is -3.17. The molecule has 0 bridgehead atoms. The number of carboxylic acid groups (broad SMARTS) is 1. The number of carboxylic acids is 1. The molecule has 1 atom stereocenters. The Labute approximate surface area is 142 Å². The van der Waals surface area contributed by atoms with Crippen LogP contribution in [0.1, 0.15) is 33.7 Å². The largest absolute Gasteiger partial charge is 0.476 e. The van der Waals surface area contributed by atoms with E-state index in [0.717, 1.165) is 12.8 Å². The first-order chi connectivity index (χ1) is 12.1. The van der Waals surface area contributed by atoms with Crippen molar-refractivity contribution in [2.75, 3.05) is 13.1 Å². The van der Waals surface area contributed by atoms with Gasteiger partial charge in [-0.15, -0.1) is 5.10 Å². The summed E-state index contributed by atoms with van der Waals surface area (Å²) in [4.78, 5) is 29.7. The molecule has 4 rings (SSSR count). The quantitative estimate of drug-likeness (QED) is 0.711. The van der Waals surface area contributed by atoms with Crippen molar-refractivity contribution < 1.29 is 14.7 Å². The van der Waals surface area contributed by atoms with Crippen LogP contribution in [0.2, 0.25) is 0 Å². The van der Waals surface area contributed by atoms with Crippen molar-refractivity contribution in [1.29, 1.82) is 0 Å². The molecular formula is C15H17N7O3. The van der Waals surface area contributed by atoms with E-state index in [1.807, 2.05) is 4.90 Å². The molecule has 130 valence electrons. The number of H-pyrrole nitrogens is 1. The van der Waals surface area contributed by atoms with E-state index in [9.17, 15) is 9.59 Å². The molecule has 0 aliphatic carbocycles. The molecule has 1 aliphatic rings. The molecule has 10 heteroatoms. The highest BCUT2D eigenvalue weighted by atomic mass is 16.4. The zero-order valence-corrected chi connectivity index (χ0v) is 13.4. The summed E-state index contributed by atoms with van der Waals surface area (Å²) < 4.78 is 3.24. The van der Waals surface area contributed by atoms with Gasteiger partial charge in [0.1, 0.15) is 5.56 Å². The smallest absolute Gasteiger partial charge is 0.358 e. The number of likely N-dealkylation sites (tertiary alicyclic amines) is 1. The lowest BCUT2D eigenvalue weighted by molar-refractivity contribution is 0.0660. The third-order valence-corrected chi connectivity index (χ3v) is 4.47. The standard InChI is InChI=1S/C15H17N7O3/c23-14(11-6-17-22-5-3-16-13(11)22)20-4-1-2-10(7-20)8-21-9-12(15(24)25)18-19-21/h3,5-6,9-10,17H,1-2,4,7-8H2,(H,24,25)/t10-/m0/s1. The Balaban J connectivity index is 1.46. The van der Waals surface area contributed by atoms with E-state index in [1.165, 1.54) is 10.9 Å². The average Bonchev–Trinajstić information content (AvgIpc) is 3.31. The summed E-state index contributed by atoms with van der Waals surface area (Å²) in [5.74, 6) is -0.939.